The number of sulfonamides is 1. The molecule has 0 spiro atoms. The smallest absolute Gasteiger partial charge is 0.322 e. The minimum Gasteiger partial charge on any atom is -0.407 e. The Kier molecular flexibility index (Phi) is 7.52. The van der Waals surface area contributed by atoms with Crippen LogP contribution in [0, 0.1) is 0 Å². The van der Waals surface area contributed by atoms with Crippen molar-refractivity contribution in [3.63, 3.8) is 0 Å². The van der Waals surface area contributed by atoms with Crippen LogP contribution in [-0.2, 0) is 21.2 Å². The van der Waals surface area contributed by atoms with Gasteiger partial charge >= 0.3 is 6.01 Å². The van der Waals surface area contributed by atoms with Gasteiger partial charge < -0.3 is 4.42 Å². The molecule has 11 heteroatoms. The average molecular weight is 507 g/mol. The molecule has 4 rings (SSSR count). The Labute approximate surface area is 201 Å². The van der Waals surface area contributed by atoms with E-state index >= 15 is 0 Å². The highest BCUT2D eigenvalue weighted by atomic mass is 32.2. The second kappa shape index (κ2) is 10.4. The van der Waals surface area contributed by atoms with Crippen molar-refractivity contribution >= 4 is 45.0 Å². The van der Waals surface area contributed by atoms with E-state index in [1.807, 2.05) is 12.1 Å². The van der Waals surface area contributed by atoms with E-state index in [9.17, 15) is 13.2 Å². The van der Waals surface area contributed by atoms with Crippen LogP contribution in [0.5, 0.6) is 0 Å². The topological polar surface area (TPSA) is 105 Å². The number of amides is 1. The number of thioether (sulfide) groups is 1. The molecule has 1 amide bonds. The van der Waals surface area contributed by atoms with Gasteiger partial charge in [-0.1, -0.05) is 43.6 Å². The van der Waals surface area contributed by atoms with Crippen molar-refractivity contribution in [2.45, 2.75) is 59.9 Å². The SMILES string of the molecule is CC(C)Sc1ccc(Cc2nnc(NC(=O)C3CCCCN3S(=O)(=O)c3cccs3)o2)cc1. The quantitative estimate of drug-likeness (QED) is 0.451. The summed E-state index contributed by atoms with van der Waals surface area (Å²) in [7, 11) is -3.73. The molecule has 0 aliphatic carbocycles. The number of hydrogen-bond donors (Lipinski definition) is 1. The molecule has 2 aromatic heterocycles. The number of carbonyl (C=O) groups excluding carboxylic acids is 1. The molecule has 1 aliphatic heterocycles. The third kappa shape index (κ3) is 5.84. The first-order valence-corrected chi connectivity index (χ1v) is 14.0. The third-order valence-corrected chi connectivity index (χ3v) is 9.46. The van der Waals surface area contributed by atoms with Crippen LogP contribution >= 0.6 is 23.1 Å². The van der Waals surface area contributed by atoms with Crippen molar-refractivity contribution in [2.75, 3.05) is 11.9 Å². The summed E-state index contributed by atoms with van der Waals surface area (Å²) in [6, 6.07) is 10.6. The maximum Gasteiger partial charge on any atom is 0.322 e. The van der Waals surface area contributed by atoms with Gasteiger partial charge in [-0.3, -0.25) is 10.1 Å². The predicted octanol–water partition coefficient (Wildman–Crippen LogP) is 4.40. The molecule has 1 aliphatic rings. The largest absolute Gasteiger partial charge is 0.407 e. The Balaban J connectivity index is 1.41. The Hall–Kier alpha value is -2.21. The summed E-state index contributed by atoms with van der Waals surface area (Å²) in [4.78, 5) is 14.1. The van der Waals surface area contributed by atoms with Gasteiger partial charge in [-0.15, -0.1) is 28.2 Å². The normalized spacial score (nSPS) is 17.4. The van der Waals surface area contributed by atoms with Crippen molar-refractivity contribution < 1.29 is 17.6 Å². The maximum atomic E-state index is 13.0. The lowest BCUT2D eigenvalue weighted by molar-refractivity contribution is -0.120. The molecular formula is C22H26N4O4S3. The van der Waals surface area contributed by atoms with Crippen LogP contribution in [0.15, 0.2) is 55.3 Å². The van der Waals surface area contributed by atoms with Gasteiger partial charge in [0.2, 0.25) is 11.8 Å². The number of nitrogens with zero attached hydrogens (tertiary/aromatic N) is 3. The number of hydrogen-bond acceptors (Lipinski definition) is 8. The molecule has 1 unspecified atom stereocenters. The molecule has 1 fully saturated rings. The van der Waals surface area contributed by atoms with Gasteiger partial charge in [0.15, 0.2) is 0 Å². The summed E-state index contributed by atoms with van der Waals surface area (Å²) in [5.41, 5.74) is 1.02. The van der Waals surface area contributed by atoms with Crippen molar-refractivity contribution in [1.29, 1.82) is 0 Å². The van der Waals surface area contributed by atoms with Crippen molar-refractivity contribution in [3.05, 3.63) is 53.2 Å². The van der Waals surface area contributed by atoms with Crippen LogP contribution < -0.4 is 5.32 Å². The van der Waals surface area contributed by atoms with Gasteiger partial charge in [-0.25, -0.2) is 8.42 Å². The van der Waals surface area contributed by atoms with Crippen molar-refractivity contribution in [1.82, 2.24) is 14.5 Å². The summed E-state index contributed by atoms with van der Waals surface area (Å²) >= 11 is 2.94. The second-order valence-corrected chi connectivity index (χ2v) is 12.8. The third-order valence-electron chi connectivity index (χ3n) is 5.16. The lowest BCUT2D eigenvalue weighted by atomic mass is 10.0. The minimum absolute atomic E-state index is 0.0268. The van der Waals surface area contributed by atoms with E-state index in [1.54, 1.807) is 29.3 Å². The van der Waals surface area contributed by atoms with E-state index in [2.05, 4.69) is 41.5 Å². The first kappa shape index (κ1) is 23.9. The molecule has 3 heterocycles. The number of carbonyl (C=O) groups is 1. The zero-order chi connectivity index (χ0) is 23.4. The van der Waals surface area contributed by atoms with E-state index in [0.717, 1.165) is 23.3 Å². The Morgan fingerprint density at radius 3 is 2.73 bits per heavy atom. The number of rotatable bonds is 8. The number of thiophene rings is 1. The summed E-state index contributed by atoms with van der Waals surface area (Å²) in [5.74, 6) is -0.0821. The van der Waals surface area contributed by atoms with E-state index in [1.165, 1.54) is 9.20 Å². The molecule has 1 atom stereocenters. The van der Waals surface area contributed by atoms with Crippen molar-refractivity contribution in [3.8, 4) is 0 Å². The Bertz CT molecular complexity index is 1170. The van der Waals surface area contributed by atoms with E-state index in [-0.39, 0.29) is 10.2 Å². The standard InChI is InChI=1S/C22H26N4O4S3/c1-15(2)32-17-10-8-16(9-11-17)14-19-24-25-22(30-19)23-21(27)18-6-3-4-12-26(18)33(28,29)20-7-5-13-31-20/h5,7-11,13,15,18H,3-4,6,12,14H2,1-2H3,(H,23,25,27). The molecule has 3 aromatic rings. The van der Waals surface area contributed by atoms with Crippen LogP contribution in [-0.4, -0.2) is 46.7 Å². The molecule has 0 bridgehead atoms. The fourth-order valence-corrected chi connectivity index (χ4v) is 7.29. The zero-order valence-corrected chi connectivity index (χ0v) is 20.9. The van der Waals surface area contributed by atoms with E-state index in [4.69, 9.17) is 4.42 Å². The summed E-state index contributed by atoms with van der Waals surface area (Å²) < 4.78 is 33.1. The lowest BCUT2D eigenvalue weighted by Gasteiger charge is -2.32. The van der Waals surface area contributed by atoms with E-state index < -0.39 is 22.0 Å². The highest BCUT2D eigenvalue weighted by Crippen LogP contribution is 2.29. The van der Waals surface area contributed by atoms with Gasteiger partial charge in [0, 0.05) is 16.7 Å². The van der Waals surface area contributed by atoms with Gasteiger partial charge in [0.25, 0.3) is 10.0 Å². The zero-order valence-electron chi connectivity index (χ0n) is 18.4. The number of anilines is 1. The monoisotopic (exact) mass is 506 g/mol. The van der Waals surface area contributed by atoms with Crippen molar-refractivity contribution in [2.24, 2.45) is 0 Å². The van der Waals surface area contributed by atoms with Gasteiger partial charge in [-0.2, -0.15) is 4.31 Å². The van der Waals surface area contributed by atoms with Gasteiger partial charge in [-0.05, 0) is 42.0 Å². The average Bonchev–Trinajstić information content (AvgIpc) is 3.48. The summed E-state index contributed by atoms with van der Waals surface area (Å²) in [6.07, 6.45) is 2.37. The molecule has 0 saturated carbocycles. The van der Waals surface area contributed by atoms with Crippen LogP contribution in [0.1, 0.15) is 44.6 Å². The number of aromatic nitrogens is 2. The lowest BCUT2D eigenvalue weighted by Crippen LogP contribution is -2.49. The van der Waals surface area contributed by atoms with Crippen LogP contribution in [0.4, 0.5) is 6.01 Å². The van der Waals surface area contributed by atoms with Gasteiger partial charge in [0.05, 0.1) is 6.42 Å². The number of nitrogens with one attached hydrogen (secondary N) is 1. The highest BCUT2D eigenvalue weighted by Gasteiger charge is 2.38. The van der Waals surface area contributed by atoms with E-state index in [0.29, 0.717) is 36.9 Å². The fourth-order valence-electron chi connectivity index (χ4n) is 3.68. The molecular weight excluding hydrogens is 480 g/mol. The number of benzene rings is 1. The minimum atomic E-state index is -3.73. The molecule has 33 heavy (non-hydrogen) atoms. The molecule has 8 nitrogen and oxygen atoms in total. The van der Waals surface area contributed by atoms with Crippen LogP contribution in [0.2, 0.25) is 0 Å². The maximum absolute atomic E-state index is 13.0. The van der Waals surface area contributed by atoms with Crippen LogP contribution in [0.25, 0.3) is 0 Å². The van der Waals surface area contributed by atoms with Gasteiger partial charge in [0.1, 0.15) is 10.3 Å². The molecule has 176 valence electrons. The molecule has 1 N–H and O–H groups in total. The summed E-state index contributed by atoms with van der Waals surface area (Å²) in [5, 5.41) is 12.8. The fraction of sp³-hybridized carbons (Fsp3) is 0.409. The summed E-state index contributed by atoms with van der Waals surface area (Å²) in [6.45, 7) is 4.60. The molecule has 0 radical (unpaired) electrons. The second-order valence-electron chi connectivity index (χ2n) is 8.04. The highest BCUT2D eigenvalue weighted by molar-refractivity contribution is 7.99. The predicted molar refractivity (Wildman–Crippen MR) is 129 cm³/mol. The molecule has 1 saturated heterocycles. The first-order chi connectivity index (χ1) is 15.8. The Morgan fingerprint density at radius 1 is 1.24 bits per heavy atom. The van der Waals surface area contributed by atoms with Crippen LogP contribution in [0.3, 0.4) is 0 Å². The molecule has 1 aromatic carbocycles. The number of piperidine rings is 1. The first-order valence-electron chi connectivity index (χ1n) is 10.8. The Morgan fingerprint density at radius 2 is 2.03 bits per heavy atom.